The summed E-state index contributed by atoms with van der Waals surface area (Å²) in [5, 5.41) is 6.85. The number of ether oxygens (including phenoxy) is 2. The summed E-state index contributed by atoms with van der Waals surface area (Å²) in [6, 6.07) is 11.6. The van der Waals surface area contributed by atoms with Crippen LogP contribution in [0, 0.1) is 0 Å². The normalized spacial score (nSPS) is 26.3. The van der Waals surface area contributed by atoms with E-state index in [4.69, 9.17) is 13.9 Å². The molecule has 4 atom stereocenters. The third-order valence-electron chi connectivity index (χ3n) is 5.07. The van der Waals surface area contributed by atoms with Crippen LogP contribution >= 0.6 is 0 Å². The van der Waals surface area contributed by atoms with Gasteiger partial charge in [-0.15, -0.1) is 0 Å². The minimum atomic E-state index is -0.0444. The van der Waals surface area contributed by atoms with Crippen LogP contribution in [0.5, 0.6) is 0 Å². The van der Waals surface area contributed by atoms with Crippen LogP contribution in [0.1, 0.15) is 5.69 Å². The Morgan fingerprint density at radius 2 is 1.82 bits per heavy atom. The molecule has 2 fully saturated rings. The molecule has 5 heterocycles. The molecule has 2 aliphatic heterocycles. The van der Waals surface area contributed by atoms with E-state index in [0.29, 0.717) is 31.5 Å². The second-order valence-corrected chi connectivity index (χ2v) is 6.90. The van der Waals surface area contributed by atoms with E-state index < -0.39 is 0 Å². The second kappa shape index (κ2) is 7.67. The third-order valence-corrected chi connectivity index (χ3v) is 5.07. The molecule has 3 aromatic heterocycles. The summed E-state index contributed by atoms with van der Waals surface area (Å²) < 4.78 is 17.5. The highest BCUT2D eigenvalue weighted by Crippen LogP contribution is 2.29. The molecule has 8 nitrogen and oxygen atoms in total. The second-order valence-electron chi connectivity index (χ2n) is 6.90. The topological polar surface area (TPSA) is 94.3 Å². The molecule has 0 aromatic carbocycles. The van der Waals surface area contributed by atoms with Crippen molar-refractivity contribution in [2.24, 2.45) is 0 Å². The largest absolute Gasteiger partial charge is 0.463 e. The Kier molecular flexibility index (Phi) is 4.74. The summed E-state index contributed by atoms with van der Waals surface area (Å²) in [7, 11) is 0. The van der Waals surface area contributed by atoms with Crippen LogP contribution in [0.4, 0.5) is 5.95 Å². The Balaban J connectivity index is 1.21. The van der Waals surface area contributed by atoms with Gasteiger partial charge in [0.25, 0.3) is 0 Å². The standard InChI is InChI=1S/C20H21N5O3/c1-2-7-21-13(4-1)10-23-15-11-27-19-16(12-28-18(15)19)25-20-22-8-6-14(24-20)17-5-3-9-26-17/h1-9,15-16,18-19,23H,10-12H2,(H,22,24,25)/t15-,16+,18-,19+/m1/s1. The summed E-state index contributed by atoms with van der Waals surface area (Å²) in [6.45, 7) is 1.84. The maximum Gasteiger partial charge on any atom is 0.223 e. The fraction of sp³-hybridized carbons (Fsp3) is 0.350. The number of hydrogen-bond acceptors (Lipinski definition) is 8. The summed E-state index contributed by atoms with van der Waals surface area (Å²) in [5.74, 6) is 1.25. The van der Waals surface area contributed by atoms with Gasteiger partial charge in [-0.1, -0.05) is 6.07 Å². The fourth-order valence-electron chi connectivity index (χ4n) is 3.69. The maximum absolute atomic E-state index is 6.02. The van der Waals surface area contributed by atoms with Gasteiger partial charge in [0, 0.05) is 18.9 Å². The molecule has 0 unspecified atom stereocenters. The molecule has 0 aliphatic carbocycles. The summed E-state index contributed by atoms with van der Waals surface area (Å²) >= 11 is 0. The molecule has 0 amide bonds. The van der Waals surface area contributed by atoms with Crippen LogP contribution in [0.2, 0.25) is 0 Å². The molecule has 3 aromatic rings. The van der Waals surface area contributed by atoms with Gasteiger partial charge in [-0.05, 0) is 30.3 Å². The maximum atomic E-state index is 6.02. The predicted molar refractivity (Wildman–Crippen MR) is 101 cm³/mol. The van der Waals surface area contributed by atoms with Crippen molar-refractivity contribution in [3.63, 3.8) is 0 Å². The Labute approximate surface area is 162 Å². The third kappa shape index (κ3) is 3.49. The molecule has 8 heteroatoms. The van der Waals surface area contributed by atoms with Gasteiger partial charge in [0.05, 0.1) is 37.3 Å². The summed E-state index contributed by atoms with van der Waals surface area (Å²) in [4.78, 5) is 13.2. The average Bonchev–Trinajstić information content (AvgIpc) is 3.47. The zero-order chi connectivity index (χ0) is 18.8. The average molecular weight is 379 g/mol. The lowest BCUT2D eigenvalue weighted by Gasteiger charge is -2.18. The van der Waals surface area contributed by atoms with Crippen molar-refractivity contribution in [1.29, 1.82) is 0 Å². The van der Waals surface area contributed by atoms with Crippen LogP contribution in [0.25, 0.3) is 11.5 Å². The molecule has 0 spiro atoms. The van der Waals surface area contributed by atoms with E-state index in [-0.39, 0.29) is 24.3 Å². The first kappa shape index (κ1) is 17.3. The predicted octanol–water partition coefficient (Wildman–Crippen LogP) is 1.87. The van der Waals surface area contributed by atoms with Gasteiger partial charge in [-0.25, -0.2) is 9.97 Å². The molecular weight excluding hydrogens is 358 g/mol. The molecular formula is C20H21N5O3. The van der Waals surface area contributed by atoms with Crippen molar-refractivity contribution in [2.45, 2.75) is 30.8 Å². The minimum absolute atomic E-state index is 0.00139. The Morgan fingerprint density at radius 1 is 0.929 bits per heavy atom. The first-order chi connectivity index (χ1) is 13.9. The van der Waals surface area contributed by atoms with Crippen molar-refractivity contribution in [3.8, 4) is 11.5 Å². The summed E-state index contributed by atoms with van der Waals surface area (Å²) in [6.07, 6.45) is 5.09. The SMILES string of the molecule is c1ccc(CN[C@@H]2CO[C@@H]3[C@@H]2OC[C@@H]3Nc2nccc(-c3ccco3)n2)nc1. The van der Waals surface area contributed by atoms with Crippen LogP contribution < -0.4 is 10.6 Å². The Morgan fingerprint density at radius 3 is 2.64 bits per heavy atom. The quantitative estimate of drug-likeness (QED) is 0.670. The van der Waals surface area contributed by atoms with Crippen molar-refractivity contribution in [2.75, 3.05) is 18.5 Å². The minimum Gasteiger partial charge on any atom is -0.463 e. The lowest BCUT2D eigenvalue weighted by atomic mass is 10.1. The number of nitrogens with one attached hydrogen (secondary N) is 2. The molecule has 144 valence electrons. The van der Waals surface area contributed by atoms with Crippen molar-refractivity contribution < 1.29 is 13.9 Å². The number of fused-ring (bicyclic) bond motifs is 1. The van der Waals surface area contributed by atoms with Gasteiger partial charge in [0.2, 0.25) is 5.95 Å². The van der Waals surface area contributed by atoms with Crippen molar-refractivity contribution >= 4 is 5.95 Å². The molecule has 2 N–H and O–H groups in total. The van der Waals surface area contributed by atoms with Crippen LogP contribution in [-0.2, 0) is 16.0 Å². The number of hydrogen-bond donors (Lipinski definition) is 2. The van der Waals surface area contributed by atoms with Gasteiger partial charge in [-0.3, -0.25) is 4.98 Å². The van der Waals surface area contributed by atoms with E-state index in [1.807, 2.05) is 36.4 Å². The number of nitrogens with zero attached hydrogens (tertiary/aromatic N) is 3. The molecule has 0 saturated carbocycles. The van der Waals surface area contributed by atoms with Crippen LogP contribution in [0.15, 0.2) is 59.5 Å². The molecule has 0 bridgehead atoms. The van der Waals surface area contributed by atoms with Gasteiger partial charge >= 0.3 is 0 Å². The Hall–Kier alpha value is -2.81. The first-order valence-electron chi connectivity index (χ1n) is 9.37. The highest BCUT2D eigenvalue weighted by molar-refractivity contribution is 5.53. The monoisotopic (exact) mass is 379 g/mol. The van der Waals surface area contributed by atoms with Crippen LogP contribution in [0.3, 0.4) is 0 Å². The lowest BCUT2D eigenvalue weighted by molar-refractivity contribution is 0.0674. The van der Waals surface area contributed by atoms with E-state index in [1.54, 1.807) is 18.7 Å². The molecule has 2 aliphatic rings. The molecule has 0 radical (unpaired) electrons. The van der Waals surface area contributed by atoms with Gasteiger partial charge in [-0.2, -0.15) is 0 Å². The van der Waals surface area contributed by atoms with E-state index in [0.717, 1.165) is 11.4 Å². The number of aromatic nitrogens is 3. The smallest absolute Gasteiger partial charge is 0.223 e. The number of pyridine rings is 1. The Bertz CT molecular complexity index is 905. The number of furan rings is 1. The first-order valence-corrected chi connectivity index (χ1v) is 9.37. The van der Waals surface area contributed by atoms with Gasteiger partial charge < -0.3 is 24.5 Å². The molecule has 2 saturated heterocycles. The van der Waals surface area contributed by atoms with E-state index in [2.05, 4.69) is 25.6 Å². The summed E-state index contributed by atoms with van der Waals surface area (Å²) in [5.41, 5.74) is 1.74. The van der Waals surface area contributed by atoms with E-state index >= 15 is 0 Å². The highest BCUT2D eigenvalue weighted by Gasteiger charge is 2.47. The zero-order valence-electron chi connectivity index (χ0n) is 15.2. The van der Waals surface area contributed by atoms with Gasteiger partial charge in [0.15, 0.2) is 5.76 Å². The van der Waals surface area contributed by atoms with E-state index in [1.165, 1.54) is 0 Å². The van der Waals surface area contributed by atoms with Gasteiger partial charge in [0.1, 0.15) is 17.9 Å². The van der Waals surface area contributed by atoms with Crippen molar-refractivity contribution in [1.82, 2.24) is 20.3 Å². The highest BCUT2D eigenvalue weighted by atomic mass is 16.6. The molecule has 5 rings (SSSR count). The number of rotatable bonds is 6. The fourth-order valence-corrected chi connectivity index (χ4v) is 3.69. The van der Waals surface area contributed by atoms with E-state index in [9.17, 15) is 0 Å². The van der Waals surface area contributed by atoms with Crippen LogP contribution in [-0.4, -0.2) is 52.5 Å². The number of anilines is 1. The van der Waals surface area contributed by atoms with Crippen molar-refractivity contribution in [3.05, 3.63) is 60.7 Å². The molecule has 28 heavy (non-hydrogen) atoms. The zero-order valence-corrected chi connectivity index (χ0v) is 15.2. The lowest BCUT2D eigenvalue weighted by Crippen LogP contribution is -2.42.